The Morgan fingerprint density at radius 3 is 2.36 bits per heavy atom. The van der Waals surface area contributed by atoms with Gasteiger partial charge in [-0.1, -0.05) is 0 Å². The van der Waals surface area contributed by atoms with Gasteiger partial charge in [-0.2, -0.15) is 4.39 Å². The molecule has 1 rings (SSSR count). The fourth-order valence-corrected chi connectivity index (χ4v) is 0.964. The molecule has 0 saturated heterocycles. The molecule has 0 radical (unpaired) electrons. The molecule has 0 fully saturated rings. The largest absolute Gasteiger partial charge is 0.493 e. The third kappa shape index (κ3) is 1.50. The Labute approximate surface area is 76.7 Å². The molecule has 6 heteroatoms. The van der Waals surface area contributed by atoms with Crippen LogP contribution in [0.2, 0.25) is 0 Å². The molecule has 0 aromatic heterocycles. The first-order valence-corrected chi connectivity index (χ1v) is 3.43. The van der Waals surface area contributed by atoms with Gasteiger partial charge in [0.05, 0.1) is 7.11 Å². The van der Waals surface area contributed by atoms with Crippen LogP contribution >= 0.6 is 0 Å². The van der Waals surface area contributed by atoms with Gasteiger partial charge in [0, 0.05) is 6.07 Å². The highest BCUT2D eigenvalue weighted by atomic mass is 19.2. The van der Waals surface area contributed by atoms with E-state index in [1.165, 1.54) is 0 Å². The molecule has 0 amide bonds. The lowest BCUT2D eigenvalue weighted by Gasteiger charge is -2.07. The molecule has 1 aromatic rings. The van der Waals surface area contributed by atoms with Crippen molar-refractivity contribution in [3.63, 3.8) is 0 Å². The Balaban J connectivity index is 3.55. The van der Waals surface area contributed by atoms with Crippen molar-refractivity contribution in [2.24, 2.45) is 0 Å². The van der Waals surface area contributed by atoms with Crippen LogP contribution in [0, 0.1) is 17.5 Å². The zero-order valence-electron chi connectivity index (χ0n) is 6.97. The first kappa shape index (κ1) is 10.4. The van der Waals surface area contributed by atoms with Crippen molar-refractivity contribution in [1.82, 2.24) is 0 Å². The fourth-order valence-electron chi connectivity index (χ4n) is 0.964. The smallest absolute Gasteiger partial charge is 0.342 e. The van der Waals surface area contributed by atoms with Crippen LogP contribution in [0.25, 0.3) is 0 Å². The number of rotatable bonds is 2. The third-order valence-corrected chi connectivity index (χ3v) is 1.55. The minimum Gasteiger partial charge on any atom is -0.493 e. The minimum atomic E-state index is -1.72. The third-order valence-electron chi connectivity index (χ3n) is 1.55. The van der Waals surface area contributed by atoms with Gasteiger partial charge in [-0.25, -0.2) is 13.6 Å². The predicted octanol–water partition coefficient (Wildman–Crippen LogP) is 1.81. The molecule has 0 atom stereocenters. The van der Waals surface area contributed by atoms with Crippen LogP contribution < -0.4 is 4.74 Å². The molecule has 0 heterocycles. The summed E-state index contributed by atoms with van der Waals surface area (Å²) in [6, 6.07) is 0.154. The van der Waals surface area contributed by atoms with Gasteiger partial charge in [-0.3, -0.25) is 0 Å². The van der Waals surface area contributed by atoms with Crippen molar-refractivity contribution in [3.05, 3.63) is 29.1 Å². The number of hydrogen-bond donors (Lipinski definition) is 1. The molecule has 0 bridgehead atoms. The van der Waals surface area contributed by atoms with Crippen LogP contribution in [0.4, 0.5) is 13.2 Å². The highest BCUT2D eigenvalue weighted by Gasteiger charge is 2.24. The Bertz CT molecular complexity index is 390. The fraction of sp³-hybridized carbons (Fsp3) is 0.125. The number of benzene rings is 1. The number of hydrogen-bond acceptors (Lipinski definition) is 2. The minimum absolute atomic E-state index is 0.154. The maximum absolute atomic E-state index is 12.9. The summed E-state index contributed by atoms with van der Waals surface area (Å²) in [6.07, 6.45) is 0. The van der Waals surface area contributed by atoms with Crippen molar-refractivity contribution in [3.8, 4) is 5.75 Å². The predicted molar refractivity (Wildman–Crippen MR) is 39.8 cm³/mol. The van der Waals surface area contributed by atoms with E-state index in [1.54, 1.807) is 0 Å². The Morgan fingerprint density at radius 2 is 1.93 bits per heavy atom. The Morgan fingerprint density at radius 1 is 1.36 bits per heavy atom. The van der Waals surface area contributed by atoms with E-state index >= 15 is 0 Å². The average molecular weight is 206 g/mol. The second-order valence-electron chi connectivity index (χ2n) is 2.37. The highest BCUT2D eigenvalue weighted by Crippen LogP contribution is 2.27. The lowest BCUT2D eigenvalue weighted by atomic mass is 10.1. The van der Waals surface area contributed by atoms with Gasteiger partial charge >= 0.3 is 5.97 Å². The van der Waals surface area contributed by atoms with Crippen LogP contribution in [0.15, 0.2) is 6.07 Å². The van der Waals surface area contributed by atoms with Crippen LogP contribution in [0.3, 0.4) is 0 Å². The molecule has 1 aromatic carbocycles. The van der Waals surface area contributed by atoms with E-state index in [1.807, 2.05) is 0 Å². The molecule has 1 N–H and O–H groups in total. The molecule has 0 aliphatic rings. The average Bonchev–Trinajstić information content (AvgIpc) is 2.09. The SMILES string of the molecule is COc1c(F)c(F)cc(F)c1C(=O)O. The zero-order valence-corrected chi connectivity index (χ0v) is 6.97. The topological polar surface area (TPSA) is 46.5 Å². The summed E-state index contributed by atoms with van der Waals surface area (Å²) < 4.78 is 42.6. The Hall–Kier alpha value is -1.72. The summed E-state index contributed by atoms with van der Waals surface area (Å²) in [5.41, 5.74) is -1.02. The van der Waals surface area contributed by atoms with E-state index in [0.717, 1.165) is 7.11 Å². The molecule has 76 valence electrons. The first-order valence-electron chi connectivity index (χ1n) is 3.43. The van der Waals surface area contributed by atoms with Crippen LogP contribution in [0.1, 0.15) is 10.4 Å². The van der Waals surface area contributed by atoms with Gasteiger partial charge in [-0.05, 0) is 0 Å². The van der Waals surface area contributed by atoms with Crippen LogP contribution in [-0.4, -0.2) is 18.2 Å². The molecular formula is C8H5F3O3. The van der Waals surface area contributed by atoms with E-state index in [9.17, 15) is 18.0 Å². The van der Waals surface area contributed by atoms with Gasteiger partial charge in [0.25, 0.3) is 0 Å². The van der Waals surface area contributed by atoms with Crippen molar-refractivity contribution < 1.29 is 27.8 Å². The summed E-state index contributed by atoms with van der Waals surface area (Å²) in [5, 5.41) is 8.48. The molecule has 3 nitrogen and oxygen atoms in total. The molecule has 14 heavy (non-hydrogen) atoms. The van der Waals surface area contributed by atoms with E-state index in [-0.39, 0.29) is 6.07 Å². The summed E-state index contributed by atoms with van der Waals surface area (Å²) in [7, 11) is 0.920. The van der Waals surface area contributed by atoms with Crippen molar-refractivity contribution in [2.45, 2.75) is 0 Å². The number of aromatic carboxylic acids is 1. The molecule has 0 spiro atoms. The van der Waals surface area contributed by atoms with Gasteiger partial charge in [0.2, 0.25) is 5.82 Å². The number of halogens is 3. The van der Waals surface area contributed by atoms with Gasteiger partial charge in [-0.15, -0.1) is 0 Å². The van der Waals surface area contributed by atoms with E-state index in [0.29, 0.717) is 0 Å². The standard InChI is InChI=1S/C8H5F3O3/c1-14-7-5(8(12)13)3(9)2-4(10)6(7)11/h2H,1H3,(H,12,13). The number of ether oxygens (including phenoxy) is 1. The van der Waals surface area contributed by atoms with Crippen LogP contribution in [-0.2, 0) is 0 Å². The summed E-state index contributed by atoms with van der Waals surface area (Å²) in [4.78, 5) is 10.5. The van der Waals surface area contributed by atoms with Crippen molar-refractivity contribution >= 4 is 5.97 Å². The van der Waals surface area contributed by atoms with Gasteiger partial charge < -0.3 is 9.84 Å². The summed E-state index contributed by atoms with van der Waals surface area (Å²) in [5.74, 6) is -7.07. The monoisotopic (exact) mass is 206 g/mol. The lowest BCUT2D eigenvalue weighted by molar-refractivity contribution is 0.0686. The van der Waals surface area contributed by atoms with E-state index in [4.69, 9.17) is 5.11 Å². The number of methoxy groups -OCH3 is 1. The molecule has 0 unspecified atom stereocenters. The maximum Gasteiger partial charge on any atom is 0.342 e. The first-order chi connectivity index (χ1) is 6.49. The summed E-state index contributed by atoms with van der Waals surface area (Å²) >= 11 is 0. The maximum atomic E-state index is 12.9. The number of carboxylic acid groups (broad SMARTS) is 1. The molecule has 0 saturated carbocycles. The van der Waals surface area contributed by atoms with Crippen LogP contribution in [0.5, 0.6) is 5.75 Å². The Kier molecular flexibility index (Phi) is 2.64. The van der Waals surface area contributed by atoms with Crippen molar-refractivity contribution in [1.29, 1.82) is 0 Å². The highest BCUT2D eigenvalue weighted by molar-refractivity contribution is 5.91. The normalized spacial score (nSPS) is 10.0. The van der Waals surface area contributed by atoms with Gasteiger partial charge in [0.15, 0.2) is 11.6 Å². The quantitative estimate of drug-likeness (QED) is 0.750. The molecule has 0 aliphatic carbocycles. The summed E-state index contributed by atoms with van der Waals surface area (Å²) in [6.45, 7) is 0. The molecule has 0 aliphatic heterocycles. The zero-order chi connectivity index (χ0) is 10.9. The van der Waals surface area contributed by atoms with E-state index < -0.39 is 34.7 Å². The van der Waals surface area contributed by atoms with E-state index in [2.05, 4.69) is 4.74 Å². The second kappa shape index (κ2) is 3.57. The van der Waals surface area contributed by atoms with Crippen molar-refractivity contribution in [2.75, 3.05) is 7.11 Å². The number of carbonyl (C=O) groups is 1. The lowest BCUT2D eigenvalue weighted by Crippen LogP contribution is -2.07. The second-order valence-corrected chi connectivity index (χ2v) is 2.37. The number of carboxylic acids is 1. The van der Waals surface area contributed by atoms with Gasteiger partial charge in [0.1, 0.15) is 11.4 Å². The molecular weight excluding hydrogens is 201 g/mol.